The molecule has 1 unspecified atom stereocenters. The third kappa shape index (κ3) is 2.74. The summed E-state index contributed by atoms with van der Waals surface area (Å²) in [6.45, 7) is 7.00. The number of fused-ring (bicyclic) bond motifs is 1. The fourth-order valence-corrected chi connectivity index (χ4v) is 3.89. The van der Waals surface area contributed by atoms with Crippen LogP contribution in [0.3, 0.4) is 0 Å². The first-order chi connectivity index (χ1) is 9.36. The summed E-state index contributed by atoms with van der Waals surface area (Å²) >= 11 is 0. The van der Waals surface area contributed by atoms with Crippen LogP contribution in [0.1, 0.15) is 32.4 Å². The third-order valence-corrected chi connectivity index (χ3v) is 4.82. The lowest BCUT2D eigenvalue weighted by molar-refractivity contribution is 0.447. The summed E-state index contributed by atoms with van der Waals surface area (Å²) in [5.74, 6) is 0.503. The fraction of sp³-hybridized carbons (Fsp3) is 0.467. The second-order valence-electron chi connectivity index (χ2n) is 5.48. The van der Waals surface area contributed by atoms with Gasteiger partial charge in [0.2, 0.25) is 10.0 Å². The van der Waals surface area contributed by atoms with E-state index in [1.165, 1.54) is 0 Å². The number of hydrogen-bond acceptors (Lipinski definition) is 2. The molecule has 4 nitrogen and oxygen atoms in total. The van der Waals surface area contributed by atoms with E-state index in [1.54, 1.807) is 0 Å². The molecule has 20 heavy (non-hydrogen) atoms. The first kappa shape index (κ1) is 15.1. The highest BCUT2D eigenvalue weighted by atomic mass is 32.2. The number of primary sulfonamides is 1. The van der Waals surface area contributed by atoms with Gasteiger partial charge < -0.3 is 4.57 Å². The Hall–Kier alpha value is -1.33. The molecule has 0 aliphatic rings. The maximum atomic E-state index is 11.9. The zero-order valence-corrected chi connectivity index (χ0v) is 13.1. The summed E-state index contributed by atoms with van der Waals surface area (Å²) in [5.41, 5.74) is 1.67. The zero-order valence-electron chi connectivity index (χ0n) is 12.3. The van der Waals surface area contributed by atoms with Crippen LogP contribution in [0.4, 0.5) is 0 Å². The molecule has 2 aromatic rings. The minimum absolute atomic E-state index is 0.261. The first-order valence-corrected chi connectivity index (χ1v) is 8.51. The maximum Gasteiger partial charge on any atom is 0.240 e. The van der Waals surface area contributed by atoms with Gasteiger partial charge in [-0.05, 0) is 25.3 Å². The summed E-state index contributed by atoms with van der Waals surface area (Å²) in [6, 6.07) is 7.55. The Labute approximate surface area is 120 Å². The van der Waals surface area contributed by atoms with E-state index >= 15 is 0 Å². The van der Waals surface area contributed by atoms with Crippen LogP contribution in [0.2, 0.25) is 0 Å². The predicted molar refractivity (Wildman–Crippen MR) is 82.1 cm³/mol. The van der Waals surface area contributed by atoms with Crippen LogP contribution in [0.15, 0.2) is 29.2 Å². The molecular formula is C15H22N2O2S. The Morgan fingerprint density at radius 3 is 2.55 bits per heavy atom. The van der Waals surface area contributed by atoms with Crippen molar-refractivity contribution in [3.8, 4) is 0 Å². The highest BCUT2D eigenvalue weighted by Crippen LogP contribution is 2.30. The van der Waals surface area contributed by atoms with Gasteiger partial charge in [-0.2, -0.15) is 0 Å². The van der Waals surface area contributed by atoms with Crippen molar-refractivity contribution in [2.75, 3.05) is 0 Å². The summed E-state index contributed by atoms with van der Waals surface area (Å²) in [5, 5.41) is 6.10. The van der Waals surface area contributed by atoms with E-state index < -0.39 is 10.0 Å². The molecular weight excluding hydrogens is 272 g/mol. The predicted octanol–water partition coefficient (Wildman–Crippen LogP) is 3.03. The van der Waals surface area contributed by atoms with Gasteiger partial charge in [0.25, 0.3) is 0 Å². The summed E-state index contributed by atoms with van der Waals surface area (Å²) < 4.78 is 25.8. The monoisotopic (exact) mass is 294 g/mol. The molecule has 1 atom stereocenters. The summed E-state index contributed by atoms with van der Waals surface area (Å²) in [6.07, 6.45) is 2.25. The summed E-state index contributed by atoms with van der Waals surface area (Å²) in [7, 11) is -3.71. The van der Waals surface area contributed by atoms with Gasteiger partial charge in [-0.1, -0.05) is 38.5 Å². The van der Waals surface area contributed by atoms with Gasteiger partial charge in [-0.3, -0.25) is 0 Å². The van der Waals surface area contributed by atoms with E-state index in [1.807, 2.05) is 31.2 Å². The molecule has 0 bridgehead atoms. The number of rotatable bonds is 5. The lowest BCUT2D eigenvalue weighted by Gasteiger charge is -2.14. The molecule has 0 amide bonds. The van der Waals surface area contributed by atoms with Crippen molar-refractivity contribution in [2.45, 2.75) is 45.1 Å². The number of benzene rings is 1. The number of nitrogens with two attached hydrogens (primary N) is 1. The molecule has 1 aromatic carbocycles. The lowest BCUT2D eigenvalue weighted by atomic mass is 10.1. The van der Waals surface area contributed by atoms with Crippen molar-refractivity contribution in [3.63, 3.8) is 0 Å². The second-order valence-corrected chi connectivity index (χ2v) is 6.98. The molecule has 5 heteroatoms. The van der Waals surface area contributed by atoms with Crippen molar-refractivity contribution in [2.24, 2.45) is 11.1 Å². The Morgan fingerprint density at radius 1 is 1.30 bits per heavy atom. The zero-order chi connectivity index (χ0) is 14.9. The van der Waals surface area contributed by atoms with E-state index in [2.05, 4.69) is 18.4 Å². The second kappa shape index (κ2) is 5.58. The highest BCUT2D eigenvalue weighted by molar-refractivity contribution is 7.89. The van der Waals surface area contributed by atoms with Gasteiger partial charge in [0.1, 0.15) is 4.90 Å². The van der Waals surface area contributed by atoms with Crippen molar-refractivity contribution in [3.05, 3.63) is 30.0 Å². The normalized spacial score (nSPS) is 13.8. The molecule has 1 heterocycles. The van der Waals surface area contributed by atoms with Crippen molar-refractivity contribution >= 4 is 20.9 Å². The number of para-hydroxylation sites is 1. The molecule has 0 spiro atoms. The van der Waals surface area contributed by atoms with Gasteiger partial charge >= 0.3 is 0 Å². The van der Waals surface area contributed by atoms with Gasteiger partial charge in [-0.25, -0.2) is 13.6 Å². The molecule has 110 valence electrons. The molecule has 0 aliphatic carbocycles. The molecule has 0 aliphatic heterocycles. The minimum Gasteiger partial charge on any atom is -0.343 e. The molecule has 0 radical (unpaired) electrons. The van der Waals surface area contributed by atoms with E-state index in [-0.39, 0.29) is 4.90 Å². The maximum absolute atomic E-state index is 11.9. The van der Waals surface area contributed by atoms with Gasteiger partial charge in [0, 0.05) is 23.1 Å². The smallest absolute Gasteiger partial charge is 0.240 e. The summed E-state index contributed by atoms with van der Waals surface area (Å²) in [4.78, 5) is 0.261. The van der Waals surface area contributed by atoms with E-state index in [0.717, 1.165) is 36.0 Å². The van der Waals surface area contributed by atoms with E-state index in [9.17, 15) is 8.42 Å². The molecule has 2 rings (SSSR count). The van der Waals surface area contributed by atoms with Gasteiger partial charge in [-0.15, -0.1) is 0 Å². The average Bonchev–Trinajstić information content (AvgIpc) is 2.62. The average molecular weight is 294 g/mol. The molecule has 1 aromatic heterocycles. The molecule has 0 fully saturated rings. The Morgan fingerprint density at radius 2 is 1.95 bits per heavy atom. The third-order valence-electron chi connectivity index (χ3n) is 3.73. The first-order valence-electron chi connectivity index (χ1n) is 6.96. The number of aromatic nitrogens is 1. The van der Waals surface area contributed by atoms with Gasteiger partial charge in [0.05, 0.1) is 0 Å². The van der Waals surface area contributed by atoms with E-state index in [4.69, 9.17) is 5.14 Å². The van der Waals surface area contributed by atoms with Crippen molar-refractivity contribution in [1.82, 2.24) is 4.57 Å². The highest BCUT2D eigenvalue weighted by Gasteiger charge is 2.22. The van der Waals surface area contributed by atoms with Crippen LogP contribution in [-0.4, -0.2) is 13.0 Å². The lowest BCUT2D eigenvalue weighted by Crippen LogP contribution is -2.14. The quantitative estimate of drug-likeness (QED) is 0.921. The van der Waals surface area contributed by atoms with Crippen LogP contribution in [0.5, 0.6) is 0 Å². The van der Waals surface area contributed by atoms with Gasteiger partial charge in [0.15, 0.2) is 0 Å². The van der Waals surface area contributed by atoms with Crippen LogP contribution in [-0.2, 0) is 16.6 Å². The molecule has 0 saturated heterocycles. The number of sulfonamides is 1. The molecule has 2 N–H and O–H groups in total. The number of hydrogen-bond donors (Lipinski definition) is 1. The Kier molecular flexibility index (Phi) is 4.20. The minimum atomic E-state index is -3.71. The van der Waals surface area contributed by atoms with Crippen molar-refractivity contribution in [1.29, 1.82) is 0 Å². The van der Waals surface area contributed by atoms with Crippen LogP contribution in [0.25, 0.3) is 10.9 Å². The Bertz CT molecular complexity index is 717. The number of nitrogens with zero attached hydrogens (tertiary/aromatic N) is 1. The van der Waals surface area contributed by atoms with Crippen LogP contribution >= 0.6 is 0 Å². The van der Waals surface area contributed by atoms with Crippen LogP contribution < -0.4 is 5.14 Å². The fourth-order valence-electron chi connectivity index (χ4n) is 2.89. The van der Waals surface area contributed by atoms with Crippen molar-refractivity contribution < 1.29 is 8.42 Å². The van der Waals surface area contributed by atoms with E-state index in [0.29, 0.717) is 5.92 Å². The van der Waals surface area contributed by atoms with Crippen LogP contribution in [0, 0.1) is 12.8 Å². The standard InChI is InChI=1S/C15H22N2O2S/c1-4-7-11(2)10-17-12(3)15(20(16,18)19)13-8-5-6-9-14(13)17/h5-6,8-9,11H,4,7,10H2,1-3H3,(H2,16,18,19). The molecule has 0 saturated carbocycles. The largest absolute Gasteiger partial charge is 0.343 e. The Balaban J connectivity index is 2.64. The topological polar surface area (TPSA) is 65.1 Å². The SMILES string of the molecule is CCCC(C)Cn1c(C)c(S(N)(=O)=O)c2ccccc21.